The summed E-state index contributed by atoms with van der Waals surface area (Å²) in [7, 11) is -1.25. The molecule has 0 aliphatic heterocycles. The SMILES string of the molecule is CC(C)NC(=O)CCS(=O)c1nc2ccc(N)cc2s1. The summed E-state index contributed by atoms with van der Waals surface area (Å²) in [5.74, 6) is 0.201. The van der Waals surface area contributed by atoms with Gasteiger partial charge < -0.3 is 11.1 Å². The first kappa shape index (κ1) is 14.9. The largest absolute Gasteiger partial charge is 0.399 e. The van der Waals surface area contributed by atoms with Crippen molar-refractivity contribution in [3.05, 3.63) is 18.2 Å². The summed E-state index contributed by atoms with van der Waals surface area (Å²) < 4.78 is 13.6. The Morgan fingerprint density at radius 1 is 1.50 bits per heavy atom. The number of aromatic nitrogens is 1. The zero-order valence-electron chi connectivity index (χ0n) is 11.4. The van der Waals surface area contributed by atoms with Crippen LogP contribution in [0.1, 0.15) is 20.3 Å². The van der Waals surface area contributed by atoms with Crippen molar-refractivity contribution in [1.29, 1.82) is 0 Å². The normalized spacial score (nSPS) is 12.8. The van der Waals surface area contributed by atoms with Crippen LogP contribution in [0, 0.1) is 0 Å². The third-order valence-electron chi connectivity index (χ3n) is 2.55. The van der Waals surface area contributed by atoms with Crippen molar-refractivity contribution in [2.24, 2.45) is 0 Å². The quantitative estimate of drug-likeness (QED) is 0.826. The highest BCUT2D eigenvalue weighted by atomic mass is 32.2. The van der Waals surface area contributed by atoms with E-state index in [-0.39, 0.29) is 24.1 Å². The number of hydrogen-bond acceptors (Lipinski definition) is 5. The molecule has 1 amide bonds. The van der Waals surface area contributed by atoms with Gasteiger partial charge in [-0.1, -0.05) is 0 Å². The Kier molecular flexibility index (Phi) is 4.72. The minimum absolute atomic E-state index is 0.0845. The lowest BCUT2D eigenvalue weighted by Crippen LogP contribution is -2.30. The molecule has 0 fully saturated rings. The third-order valence-corrected chi connectivity index (χ3v) is 5.23. The first-order chi connectivity index (χ1) is 9.45. The molecule has 2 aromatic rings. The lowest BCUT2D eigenvalue weighted by Gasteiger charge is -2.07. The van der Waals surface area contributed by atoms with E-state index in [4.69, 9.17) is 5.73 Å². The second-order valence-corrected chi connectivity index (χ2v) is 7.50. The van der Waals surface area contributed by atoms with E-state index in [0.717, 1.165) is 10.2 Å². The van der Waals surface area contributed by atoms with Gasteiger partial charge in [0.2, 0.25) is 5.91 Å². The van der Waals surface area contributed by atoms with Crippen molar-refractivity contribution in [3.8, 4) is 0 Å². The number of nitrogens with zero attached hydrogens (tertiary/aromatic N) is 1. The maximum atomic E-state index is 12.1. The van der Waals surface area contributed by atoms with Crippen molar-refractivity contribution in [2.75, 3.05) is 11.5 Å². The fourth-order valence-electron chi connectivity index (χ4n) is 1.68. The maximum Gasteiger partial charge on any atom is 0.221 e. The van der Waals surface area contributed by atoms with Gasteiger partial charge in [0, 0.05) is 23.9 Å². The fraction of sp³-hybridized carbons (Fsp3) is 0.385. The highest BCUT2D eigenvalue weighted by Crippen LogP contribution is 2.26. The number of carbonyl (C=O) groups is 1. The van der Waals surface area contributed by atoms with Crippen LogP contribution in [0.25, 0.3) is 10.2 Å². The number of anilines is 1. The van der Waals surface area contributed by atoms with Gasteiger partial charge in [0.15, 0.2) is 4.34 Å². The molecule has 0 bridgehead atoms. The van der Waals surface area contributed by atoms with Gasteiger partial charge in [0.05, 0.1) is 21.0 Å². The molecule has 1 atom stereocenters. The van der Waals surface area contributed by atoms with Crippen LogP contribution in [-0.4, -0.2) is 26.9 Å². The van der Waals surface area contributed by atoms with E-state index in [0.29, 0.717) is 10.0 Å². The van der Waals surface area contributed by atoms with Crippen LogP contribution < -0.4 is 11.1 Å². The van der Waals surface area contributed by atoms with E-state index >= 15 is 0 Å². The molecule has 108 valence electrons. The molecule has 7 heteroatoms. The van der Waals surface area contributed by atoms with Gasteiger partial charge in [-0.3, -0.25) is 9.00 Å². The predicted molar refractivity (Wildman–Crippen MR) is 83.2 cm³/mol. The van der Waals surface area contributed by atoms with E-state index in [9.17, 15) is 9.00 Å². The van der Waals surface area contributed by atoms with E-state index in [1.54, 1.807) is 6.07 Å². The Morgan fingerprint density at radius 3 is 2.95 bits per heavy atom. The fourth-order valence-corrected chi connectivity index (χ4v) is 4.07. The standard InChI is InChI=1S/C13H17N3O2S2/c1-8(2)15-12(17)5-6-20(18)13-16-10-4-3-9(14)7-11(10)19-13/h3-4,7-8H,5-6,14H2,1-2H3,(H,15,17). The second kappa shape index (κ2) is 6.32. The molecule has 0 saturated carbocycles. The lowest BCUT2D eigenvalue weighted by atomic mass is 10.3. The summed E-state index contributed by atoms with van der Waals surface area (Å²) in [6, 6.07) is 5.50. The Labute approximate surface area is 124 Å². The van der Waals surface area contributed by atoms with Gasteiger partial charge in [-0.05, 0) is 32.0 Å². The van der Waals surface area contributed by atoms with Crippen molar-refractivity contribution in [1.82, 2.24) is 10.3 Å². The number of nitrogens with two attached hydrogens (primary N) is 1. The summed E-state index contributed by atoms with van der Waals surface area (Å²) in [5, 5.41) is 2.78. The average molecular weight is 311 g/mol. The van der Waals surface area contributed by atoms with Gasteiger partial charge in [-0.15, -0.1) is 11.3 Å². The van der Waals surface area contributed by atoms with Gasteiger partial charge in [-0.2, -0.15) is 0 Å². The molecule has 0 spiro atoms. The molecule has 0 aliphatic rings. The number of amides is 1. The lowest BCUT2D eigenvalue weighted by molar-refractivity contribution is -0.121. The number of carbonyl (C=O) groups excluding carboxylic acids is 1. The Bertz CT molecular complexity index is 652. The number of benzene rings is 1. The molecular formula is C13H17N3O2S2. The van der Waals surface area contributed by atoms with Gasteiger partial charge >= 0.3 is 0 Å². The molecule has 1 heterocycles. The van der Waals surface area contributed by atoms with E-state index in [1.807, 2.05) is 26.0 Å². The first-order valence-electron chi connectivity index (χ1n) is 6.29. The van der Waals surface area contributed by atoms with Crippen LogP contribution in [0.4, 0.5) is 5.69 Å². The second-order valence-electron chi connectivity index (χ2n) is 4.73. The van der Waals surface area contributed by atoms with Crippen LogP contribution in [0.3, 0.4) is 0 Å². The van der Waals surface area contributed by atoms with Crippen LogP contribution in [-0.2, 0) is 15.6 Å². The number of rotatable bonds is 5. The highest BCUT2D eigenvalue weighted by molar-refractivity contribution is 7.87. The van der Waals surface area contributed by atoms with Crippen LogP contribution in [0.15, 0.2) is 22.5 Å². The molecule has 0 saturated heterocycles. The van der Waals surface area contributed by atoms with Gasteiger partial charge in [-0.25, -0.2) is 4.98 Å². The molecule has 1 unspecified atom stereocenters. The highest BCUT2D eigenvalue weighted by Gasteiger charge is 2.13. The molecule has 20 heavy (non-hydrogen) atoms. The molecule has 1 aromatic carbocycles. The first-order valence-corrected chi connectivity index (χ1v) is 8.43. The molecule has 2 rings (SSSR count). The van der Waals surface area contributed by atoms with Crippen LogP contribution >= 0.6 is 11.3 Å². The molecule has 5 nitrogen and oxygen atoms in total. The Balaban J connectivity index is 2.02. The zero-order valence-corrected chi connectivity index (χ0v) is 13.0. The van der Waals surface area contributed by atoms with Crippen LogP contribution in [0.5, 0.6) is 0 Å². The van der Waals surface area contributed by atoms with Crippen molar-refractivity contribution in [3.63, 3.8) is 0 Å². The average Bonchev–Trinajstić information content (AvgIpc) is 2.78. The number of hydrogen-bond donors (Lipinski definition) is 2. The Hall–Kier alpha value is -1.47. The van der Waals surface area contributed by atoms with Gasteiger partial charge in [0.1, 0.15) is 0 Å². The van der Waals surface area contributed by atoms with Gasteiger partial charge in [0.25, 0.3) is 0 Å². The topological polar surface area (TPSA) is 85.1 Å². The summed E-state index contributed by atoms with van der Waals surface area (Å²) in [4.78, 5) is 15.9. The maximum absolute atomic E-state index is 12.1. The minimum atomic E-state index is -1.25. The molecule has 1 aromatic heterocycles. The number of nitrogens with one attached hydrogen (secondary N) is 1. The number of fused-ring (bicyclic) bond motifs is 1. The summed E-state index contributed by atoms with van der Waals surface area (Å²) in [6.07, 6.45) is 0.239. The van der Waals surface area contributed by atoms with E-state index in [1.165, 1.54) is 11.3 Å². The van der Waals surface area contributed by atoms with E-state index in [2.05, 4.69) is 10.3 Å². The summed E-state index contributed by atoms with van der Waals surface area (Å²) in [6.45, 7) is 3.79. The van der Waals surface area contributed by atoms with Crippen molar-refractivity contribution >= 4 is 43.9 Å². The zero-order chi connectivity index (χ0) is 14.7. The molecule has 3 N–H and O–H groups in total. The molecule has 0 radical (unpaired) electrons. The number of nitrogen functional groups attached to an aromatic ring is 1. The van der Waals surface area contributed by atoms with E-state index < -0.39 is 10.8 Å². The minimum Gasteiger partial charge on any atom is -0.399 e. The van der Waals surface area contributed by atoms with Crippen LogP contribution in [0.2, 0.25) is 0 Å². The molecule has 0 aliphatic carbocycles. The predicted octanol–water partition coefficient (Wildman–Crippen LogP) is 1.90. The smallest absolute Gasteiger partial charge is 0.221 e. The summed E-state index contributed by atoms with van der Waals surface area (Å²) >= 11 is 1.36. The van der Waals surface area contributed by atoms with Crippen molar-refractivity contribution < 1.29 is 9.00 Å². The third kappa shape index (κ3) is 3.77. The molecular weight excluding hydrogens is 294 g/mol. The van der Waals surface area contributed by atoms with Crippen molar-refractivity contribution in [2.45, 2.75) is 30.6 Å². The number of thiazole rings is 1. The Morgan fingerprint density at radius 2 is 2.25 bits per heavy atom. The monoisotopic (exact) mass is 311 g/mol. The summed E-state index contributed by atoms with van der Waals surface area (Å²) in [5.41, 5.74) is 7.16.